The minimum Gasteiger partial charge on any atom is -0.482 e. The van der Waals surface area contributed by atoms with Crippen molar-refractivity contribution >= 4 is 17.3 Å². The van der Waals surface area contributed by atoms with Crippen LogP contribution in [-0.2, 0) is 16.1 Å². The van der Waals surface area contributed by atoms with Crippen LogP contribution in [0.3, 0.4) is 0 Å². The second-order valence-corrected chi connectivity index (χ2v) is 7.85. The average molecular weight is 443 g/mol. The van der Waals surface area contributed by atoms with Gasteiger partial charge in [-0.05, 0) is 49.1 Å². The first kappa shape index (κ1) is 22.3. The van der Waals surface area contributed by atoms with Gasteiger partial charge >= 0.3 is 5.97 Å². The zero-order valence-electron chi connectivity index (χ0n) is 18.5. The lowest BCUT2D eigenvalue weighted by atomic mass is 9.84. The number of carboxylic acids is 1. The highest BCUT2D eigenvalue weighted by Gasteiger charge is 2.20. The number of oxime groups is 1. The summed E-state index contributed by atoms with van der Waals surface area (Å²) in [6.45, 7) is 2.21. The van der Waals surface area contributed by atoms with Gasteiger partial charge in [0, 0.05) is 35.5 Å². The molecule has 0 unspecified atom stereocenters. The molecule has 0 saturated heterocycles. The van der Waals surface area contributed by atoms with Crippen molar-refractivity contribution in [1.82, 2.24) is 4.98 Å². The number of aliphatic carboxylic acids is 1. The number of fused-ring (bicyclic) bond motifs is 1. The maximum absolute atomic E-state index is 10.9. The highest BCUT2D eigenvalue weighted by Crippen LogP contribution is 2.37. The molecule has 1 aliphatic carbocycles. The number of nitrogens with zero attached hydrogens (tertiary/aromatic N) is 2. The van der Waals surface area contributed by atoms with Gasteiger partial charge in [0.05, 0.1) is 0 Å². The van der Waals surface area contributed by atoms with Crippen molar-refractivity contribution in [3.63, 3.8) is 0 Å². The first-order valence-electron chi connectivity index (χ1n) is 10.9. The number of rotatable bonds is 9. The Bertz CT molecular complexity index is 1130. The monoisotopic (exact) mass is 442 g/mol. The van der Waals surface area contributed by atoms with E-state index < -0.39 is 5.97 Å². The van der Waals surface area contributed by atoms with Gasteiger partial charge in [-0.3, -0.25) is 4.98 Å². The lowest BCUT2D eigenvalue weighted by Crippen LogP contribution is -2.13. The third kappa shape index (κ3) is 5.47. The molecule has 0 saturated carbocycles. The van der Waals surface area contributed by atoms with Crippen molar-refractivity contribution in [3.8, 4) is 5.75 Å². The Labute approximate surface area is 193 Å². The fourth-order valence-electron chi connectivity index (χ4n) is 4.05. The molecular weight excluding hydrogens is 416 g/mol. The Kier molecular flexibility index (Phi) is 7.15. The Morgan fingerprint density at radius 3 is 2.61 bits per heavy atom. The summed E-state index contributed by atoms with van der Waals surface area (Å²) in [7, 11) is 0. The van der Waals surface area contributed by atoms with Gasteiger partial charge in [0.15, 0.2) is 6.61 Å². The van der Waals surface area contributed by atoms with Gasteiger partial charge in [-0.2, -0.15) is 0 Å². The highest BCUT2D eigenvalue weighted by atomic mass is 16.6. The molecule has 0 atom stereocenters. The van der Waals surface area contributed by atoms with Gasteiger partial charge in [0.2, 0.25) is 0 Å². The summed E-state index contributed by atoms with van der Waals surface area (Å²) in [5.74, 6) is -0.341. The summed E-state index contributed by atoms with van der Waals surface area (Å²) < 4.78 is 5.52. The summed E-state index contributed by atoms with van der Waals surface area (Å²) >= 11 is 0. The molecule has 6 nitrogen and oxygen atoms in total. The largest absolute Gasteiger partial charge is 0.482 e. The molecule has 3 aromatic rings. The van der Waals surface area contributed by atoms with Gasteiger partial charge in [-0.25, -0.2) is 4.79 Å². The van der Waals surface area contributed by atoms with Crippen LogP contribution in [0, 0.1) is 0 Å². The molecule has 33 heavy (non-hydrogen) atoms. The van der Waals surface area contributed by atoms with Crippen LogP contribution in [0.5, 0.6) is 5.75 Å². The molecule has 0 fully saturated rings. The number of carbonyl (C=O) groups is 1. The molecule has 1 aromatic heterocycles. The maximum Gasteiger partial charge on any atom is 0.341 e. The molecule has 6 heteroatoms. The van der Waals surface area contributed by atoms with Crippen molar-refractivity contribution < 1.29 is 19.5 Å². The quantitative estimate of drug-likeness (QED) is 0.282. The summed E-state index contributed by atoms with van der Waals surface area (Å²) in [6, 6.07) is 19.6. The van der Waals surface area contributed by atoms with E-state index in [9.17, 15) is 4.79 Å². The molecule has 0 bridgehead atoms. The van der Waals surface area contributed by atoms with Crippen LogP contribution in [0.4, 0.5) is 0 Å². The van der Waals surface area contributed by atoms with E-state index in [2.05, 4.69) is 23.1 Å². The van der Waals surface area contributed by atoms with Crippen molar-refractivity contribution in [2.24, 2.45) is 5.16 Å². The first-order valence-corrected chi connectivity index (χ1v) is 10.9. The lowest BCUT2D eigenvalue weighted by molar-refractivity contribution is -0.139. The predicted molar refractivity (Wildman–Crippen MR) is 127 cm³/mol. The van der Waals surface area contributed by atoms with E-state index in [1.165, 1.54) is 11.1 Å². The van der Waals surface area contributed by atoms with Crippen LogP contribution in [-0.4, -0.2) is 35.0 Å². The summed E-state index contributed by atoms with van der Waals surface area (Å²) in [6.07, 6.45) is 5.94. The molecule has 1 N–H and O–H groups in total. The normalized spacial score (nSPS) is 13.4. The molecule has 2 aromatic carbocycles. The molecular formula is C27H26N2O4. The zero-order chi connectivity index (χ0) is 23.0. The van der Waals surface area contributed by atoms with Gasteiger partial charge in [-0.1, -0.05) is 53.2 Å². The number of aromatic nitrogens is 1. The maximum atomic E-state index is 10.9. The van der Waals surface area contributed by atoms with E-state index in [1.807, 2.05) is 54.6 Å². The smallest absolute Gasteiger partial charge is 0.341 e. The van der Waals surface area contributed by atoms with Crippen LogP contribution in [0.1, 0.15) is 42.0 Å². The van der Waals surface area contributed by atoms with E-state index in [0.29, 0.717) is 18.8 Å². The highest BCUT2D eigenvalue weighted by molar-refractivity contribution is 6.12. The van der Waals surface area contributed by atoms with Crippen LogP contribution >= 0.6 is 0 Å². The zero-order valence-corrected chi connectivity index (χ0v) is 18.5. The molecule has 0 aliphatic heterocycles. The number of hydrogen-bond donors (Lipinski definition) is 1. The number of pyridine rings is 1. The number of ether oxygens (including phenoxy) is 1. The van der Waals surface area contributed by atoms with E-state index in [1.54, 1.807) is 12.4 Å². The second-order valence-electron chi connectivity index (χ2n) is 7.85. The SMILES string of the molecule is CC1=C(CCO/N=C(/c2ccccc2)c2cccnc2)c2cccc(OCC(=O)O)c2CC1. The van der Waals surface area contributed by atoms with Crippen molar-refractivity contribution in [2.45, 2.75) is 26.2 Å². The number of carboxylic acid groups (broad SMARTS) is 1. The third-order valence-corrected chi connectivity index (χ3v) is 5.66. The topological polar surface area (TPSA) is 81.0 Å². The van der Waals surface area contributed by atoms with Crippen molar-refractivity contribution in [3.05, 3.63) is 101 Å². The third-order valence-electron chi connectivity index (χ3n) is 5.66. The van der Waals surface area contributed by atoms with Crippen LogP contribution in [0.2, 0.25) is 0 Å². The Hall–Kier alpha value is -3.93. The number of hydrogen-bond acceptors (Lipinski definition) is 5. The second kappa shape index (κ2) is 10.6. The van der Waals surface area contributed by atoms with E-state index in [0.717, 1.165) is 40.8 Å². The van der Waals surface area contributed by atoms with E-state index >= 15 is 0 Å². The summed E-state index contributed by atoms with van der Waals surface area (Å²) in [4.78, 5) is 20.9. The number of benzene rings is 2. The average Bonchev–Trinajstić information content (AvgIpc) is 2.84. The fourth-order valence-corrected chi connectivity index (χ4v) is 4.05. The van der Waals surface area contributed by atoms with Gasteiger partial charge in [0.1, 0.15) is 18.1 Å². The van der Waals surface area contributed by atoms with Gasteiger partial charge < -0.3 is 14.7 Å². The van der Waals surface area contributed by atoms with E-state index in [-0.39, 0.29) is 6.61 Å². The minimum atomic E-state index is -0.982. The van der Waals surface area contributed by atoms with E-state index in [4.69, 9.17) is 14.7 Å². The molecule has 0 spiro atoms. The molecule has 0 radical (unpaired) electrons. The van der Waals surface area contributed by atoms with Gasteiger partial charge in [-0.15, -0.1) is 0 Å². The predicted octanol–water partition coefficient (Wildman–Crippen LogP) is 5.12. The molecule has 1 aliphatic rings. The Balaban J connectivity index is 1.51. The first-order chi connectivity index (χ1) is 16.1. The minimum absolute atomic E-state index is 0.344. The van der Waals surface area contributed by atoms with Crippen molar-refractivity contribution in [2.75, 3.05) is 13.2 Å². The Morgan fingerprint density at radius 1 is 1.03 bits per heavy atom. The van der Waals surface area contributed by atoms with Crippen LogP contribution in [0.25, 0.3) is 5.57 Å². The standard InChI is InChI=1S/C27H26N2O4/c1-19-12-13-24-23(10-5-11-25(24)32-18-26(30)31)22(19)14-16-33-29-27(20-7-3-2-4-8-20)21-9-6-15-28-17-21/h2-11,15,17H,12-14,16,18H2,1H3,(H,30,31)/b29-27-. The lowest BCUT2D eigenvalue weighted by Gasteiger charge is -2.23. The summed E-state index contributed by atoms with van der Waals surface area (Å²) in [5.41, 5.74) is 7.26. The molecule has 168 valence electrons. The van der Waals surface area contributed by atoms with Crippen LogP contribution in [0.15, 0.2) is 83.8 Å². The molecule has 1 heterocycles. The molecule has 4 rings (SSSR count). The number of allylic oxidation sites excluding steroid dienone is 1. The fraction of sp³-hybridized carbons (Fsp3) is 0.222. The molecule has 0 amide bonds. The summed E-state index contributed by atoms with van der Waals surface area (Å²) in [5, 5.41) is 13.4. The Morgan fingerprint density at radius 2 is 1.85 bits per heavy atom. The van der Waals surface area contributed by atoms with Crippen molar-refractivity contribution in [1.29, 1.82) is 0 Å². The van der Waals surface area contributed by atoms with Crippen LogP contribution < -0.4 is 4.74 Å². The van der Waals surface area contributed by atoms with Gasteiger partial charge in [0.25, 0.3) is 0 Å².